The highest BCUT2D eigenvalue weighted by Gasteiger charge is 2.31. The molecule has 248 valence electrons. The van der Waals surface area contributed by atoms with Crippen LogP contribution >= 0.6 is 0 Å². The van der Waals surface area contributed by atoms with Gasteiger partial charge >= 0.3 is 0 Å². The van der Waals surface area contributed by atoms with E-state index in [1.807, 2.05) is 0 Å². The molecule has 9 rings (SSSR count). The Bertz CT molecular complexity index is 2350. The van der Waals surface area contributed by atoms with Gasteiger partial charge in [-0.25, -0.2) is 0 Å². The lowest BCUT2D eigenvalue weighted by Gasteiger charge is -2.39. The minimum Gasteiger partial charge on any atom is -0.333 e. The highest BCUT2D eigenvalue weighted by molar-refractivity contribution is 6.02. The average molecular weight is 658 g/mol. The van der Waals surface area contributed by atoms with Crippen molar-refractivity contribution in [1.82, 2.24) is 0 Å². The van der Waals surface area contributed by atoms with Gasteiger partial charge in [-0.3, -0.25) is 0 Å². The highest BCUT2D eigenvalue weighted by Crippen LogP contribution is 2.46. The van der Waals surface area contributed by atoms with E-state index in [4.69, 9.17) is 0 Å². The summed E-state index contributed by atoms with van der Waals surface area (Å²) < 4.78 is 0. The predicted molar refractivity (Wildman–Crippen MR) is 218 cm³/mol. The molecular formula is C50H43N. The van der Waals surface area contributed by atoms with E-state index in [1.165, 1.54) is 98.4 Å². The van der Waals surface area contributed by atoms with E-state index in [2.05, 4.69) is 187 Å². The maximum Gasteiger partial charge on any atom is 0.0629 e. The summed E-state index contributed by atoms with van der Waals surface area (Å²) in [5.74, 6) is 0.757. The van der Waals surface area contributed by atoms with Gasteiger partial charge in [-0.2, -0.15) is 0 Å². The summed E-state index contributed by atoms with van der Waals surface area (Å²) in [7, 11) is 0. The van der Waals surface area contributed by atoms with E-state index in [1.54, 1.807) is 0 Å². The number of para-hydroxylation sites is 1. The van der Waals surface area contributed by atoms with Crippen LogP contribution in [0.1, 0.15) is 55.1 Å². The van der Waals surface area contributed by atoms with Gasteiger partial charge < -0.3 is 4.90 Å². The Morgan fingerprint density at radius 2 is 1.08 bits per heavy atom. The summed E-state index contributed by atoms with van der Waals surface area (Å²) in [4.78, 5) is 2.61. The quantitative estimate of drug-likeness (QED) is 0.165. The monoisotopic (exact) mass is 657 g/mol. The lowest BCUT2D eigenvalue weighted by molar-refractivity contribution is 0.445. The zero-order valence-corrected chi connectivity index (χ0v) is 29.0. The van der Waals surface area contributed by atoms with Crippen molar-refractivity contribution < 1.29 is 0 Å². The van der Waals surface area contributed by atoms with Crippen molar-refractivity contribution >= 4 is 32.9 Å². The third-order valence-corrected chi connectivity index (χ3v) is 11.3. The lowest BCUT2D eigenvalue weighted by Crippen LogP contribution is -2.35. The molecule has 0 heterocycles. The van der Waals surface area contributed by atoms with E-state index in [0.717, 1.165) is 0 Å². The number of benzene rings is 7. The Morgan fingerprint density at radius 3 is 1.92 bits per heavy atom. The summed E-state index contributed by atoms with van der Waals surface area (Å²) in [6.07, 6.45) is 15.8. The van der Waals surface area contributed by atoms with Crippen molar-refractivity contribution in [2.45, 2.75) is 50.0 Å². The zero-order chi connectivity index (χ0) is 34.0. The maximum absolute atomic E-state index is 2.61. The molecule has 2 aliphatic rings. The molecule has 0 radical (unpaired) electrons. The van der Waals surface area contributed by atoms with Crippen LogP contribution in [0.5, 0.6) is 0 Å². The van der Waals surface area contributed by atoms with Crippen molar-refractivity contribution in [1.29, 1.82) is 0 Å². The first kappa shape index (κ1) is 31.3. The first-order valence-corrected chi connectivity index (χ1v) is 18.7. The van der Waals surface area contributed by atoms with Crippen LogP contribution in [0.25, 0.3) is 43.8 Å². The number of hydrogen-bond acceptors (Lipinski definition) is 1. The standard InChI is InChI=1S/C50H43N/c1-3-16-36(17-4-1)37-32-34-41(35-33-37)51(48-30-11-9-25-45(48)44-28-13-21-38-20-7-8-24-42(38)44)49-31-12-10-26-46(49)47-29-15-23-40-22-14-27-43(50(40)47)39-18-5-2-6-19-39/h1,3-4,7-17,20-35,39,45,48H,2,5-6,18-19H2. The fourth-order valence-electron chi connectivity index (χ4n) is 8.85. The Hall–Kier alpha value is -5.66. The second-order valence-corrected chi connectivity index (χ2v) is 14.2. The van der Waals surface area contributed by atoms with Gasteiger partial charge in [0.1, 0.15) is 0 Å². The van der Waals surface area contributed by atoms with Crippen molar-refractivity contribution in [3.05, 3.63) is 193 Å². The third-order valence-electron chi connectivity index (χ3n) is 11.3. The summed E-state index contributed by atoms with van der Waals surface area (Å²) in [5.41, 5.74) is 10.3. The summed E-state index contributed by atoms with van der Waals surface area (Å²) in [6.45, 7) is 0. The number of nitrogens with zero attached hydrogens (tertiary/aromatic N) is 1. The van der Waals surface area contributed by atoms with Gasteiger partial charge in [0.15, 0.2) is 0 Å². The summed E-state index contributed by atoms with van der Waals surface area (Å²) in [5, 5.41) is 5.34. The summed E-state index contributed by atoms with van der Waals surface area (Å²) in [6, 6.07) is 58.6. The van der Waals surface area contributed by atoms with Gasteiger partial charge in [-0.15, -0.1) is 0 Å². The molecule has 1 nitrogen and oxygen atoms in total. The van der Waals surface area contributed by atoms with E-state index in [-0.39, 0.29) is 12.0 Å². The van der Waals surface area contributed by atoms with Gasteiger partial charge in [0.25, 0.3) is 0 Å². The Morgan fingerprint density at radius 1 is 0.451 bits per heavy atom. The van der Waals surface area contributed by atoms with E-state index >= 15 is 0 Å². The molecule has 1 heteroatoms. The molecule has 0 spiro atoms. The molecule has 1 fully saturated rings. The fourth-order valence-corrected chi connectivity index (χ4v) is 8.85. The number of fused-ring (bicyclic) bond motifs is 2. The predicted octanol–water partition coefficient (Wildman–Crippen LogP) is 13.8. The maximum atomic E-state index is 2.61. The second-order valence-electron chi connectivity index (χ2n) is 14.2. The number of anilines is 2. The average Bonchev–Trinajstić information content (AvgIpc) is 3.22. The van der Waals surface area contributed by atoms with E-state index < -0.39 is 0 Å². The first-order chi connectivity index (χ1) is 25.3. The lowest BCUT2D eigenvalue weighted by atomic mass is 9.80. The minimum absolute atomic E-state index is 0.0531. The smallest absolute Gasteiger partial charge is 0.0629 e. The molecule has 0 N–H and O–H groups in total. The molecule has 7 aromatic rings. The molecule has 2 unspecified atom stereocenters. The van der Waals surface area contributed by atoms with Crippen LogP contribution in [0.4, 0.5) is 11.4 Å². The SMILES string of the molecule is C1=CC(c2cccc3ccccc23)C(N(c2ccc(-c3ccccc3)cc2)c2ccccc2-c2cccc3cccc(C4CCCCC4)c23)C=C1. The van der Waals surface area contributed by atoms with Crippen molar-refractivity contribution in [3.63, 3.8) is 0 Å². The molecule has 7 aromatic carbocycles. The van der Waals surface area contributed by atoms with Crippen LogP contribution in [0, 0.1) is 0 Å². The van der Waals surface area contributed by atoms with Crippen LogP contribution in [0.15, 0.2) is 182 Å². The summed E-state index contributed by atoms with van der Waals surface area (Å²) >= 11 is 0. The molecule has 0 saturated heterocycles. The van der Waals surface area contributed by atoms with E-state index in [9.17, 15) is 0 Å². The minimum atomic E-state index is 0.0531. The largest absolute Gasteiger partial charge is 0.333 e. The highest BCUT2D eigenvalue weighted by atomic mass is 15.2. The van der Waals surface area contributed by atoms with Crippen molar-refractivity contribution in [2.24, 2.45) is 0 Å². The van der Waals surface area contributed by atoms with Crippen LogP contribution in [-0.4, -0.2) is 6.04 Å². The van der Waals surface area contributed by atoms with Crippen molar-refractivity contribution in [3.8, 4) is 22.3 Å². The molecule has 0 bridgehead atoms. The van der Waals surface area contributed by atoms with Crippen LogP contribution in [0.2, 0.25) is 0 Å². The molecule has 2 aliphatic carbocycles. The molecule has 1 saturated carbocycles. The van der Waals surface area contributed by atoms with Crippen LogP contribution < -0.4 is 4.90 Å². The van der Waals surface area contributed by atoms with Crippen LogP contribution in [-0.2, 0) is 0 Å². The van der Waals surface area contributed by atoms with Gasteiger partial charge in [-0.05, 0) is 86.3 Å². The van der Waals surface area contributed by atoms with Gasteiger partial charge in [-0.1, -0.05) is 183 Å². The second kappa shape index (κ2) is 13.9. The topological polar surface area (TPSA) is 3.24 Å². The normalized spacial score (nSPS) is 17.6. The molecule has 2 atom stereocenters. The zero-order valence-electron chi connectivity index (χ0n) is 29.0. The number of allylic oxidation sites excluding steroid dienone is 2. The van der Waals surface area contributed by atoms with Gasteiger partial charge in [0.2, 0.25) is 0 Å². The molecule has 0 aromatic heterocycles. The van der Waals surface area contributed by atoms with Gasteiger partial charge in [0.05, 0.1) is 6.04 Å². The molecular weight excluding hydrogens is 615 g/mol. The molecule has 0 amide bonds. The van der Waals surface area contributed by atoms with Crippen molar-refractivity contribution in [2.75, 3.05) is 4.90 Å². The fraction of sp³-hybridized carbons (Fsp3) is 0.160. The third kappa shape index (κ3) is 5.97. The molecule has 0 aliphatic heterocycles. The Labute approximate surface area is 302 Å². The van der Waals surface area contributed by atoms with E-state index in [0.29, 0.717) is 5.92 Å². The first-order valence-electron chi connectivity index (χ1n) is 18.7. The number of rotatable bonds is 7. The Balaban J connectivity index is 1.25. The van der Waals surface area contributed by atoms with Gasteiger partial charge in [0, 0.05) is 22.9 Å². The number of hydrogen-bond donors (Lipinski definition) is 0. The molecule has 51 heavy (non-hydrogen) atoms. The Kier molecular flexibility index (Phi) is 8.55. The van der Waals surface area contributed by atoms with Crippen LogP contribution in [0.3, 0.4) is 0 Å².